The molecule has 0 aliphatic carbocycles. The zero-order valence-corrected chi connectivity index (χ0v) is 19.1. The number of carbonyl (C=O) groups excluding carboxylic acids is 1. The molecule has 4 rings (SSSR count). The van der Waals surface area contributed by atoms with Gasteiger partial charge in [-0.15, -0.1) is 0 Å². The Kier molecular flexibility index (Phi) is 6.37. The highest BCUT2D eigenvalue weighted by molar-refractivity contribution is 7.90. The topological polar surface area (TPSA) is 86.6 Å². The smallest absolute Gasteiger partial charge is 0.407 e. The molecule has 0 bridgehead atoms. The molecule has 170 valence electrons. The fourth-order valence-corrected chi connectivity index (χ4v) is 4.87. The predicted octanol–water partition coefficient (Wildman–Crippen LogP) is 4.62. The fraction of sp³-hybridized carbons (Fsp3) is 0.160. The van der Waals surface area contributed by atoms with Crippen LogP contribution in [0.15, 0.2) is 83.9 Å². The van der Waals surface area contributed by atoms with Crippen molar-refractivity contribution in [1.29, 1.82) is 0 Å². The molecule has 4 aromatic rings. The van der Waals surface area contributed by atoms with E-state index in [2.05, 4.69) is 5.32 Å². The molecule has 0 unspecified atom stereocenters. The molecule has 0 radical (unpaired) electrons. The Morgan fingerprint density at radius 2 is 1.73 bits per heavy atom. The van der Waals surface area contributed by atoms with Gasteiger partial charge in [-0.3, -0.25) is 0 Å². The lowest BCUT2D eigenvalue weighted by Gasteiger charge is -2.08. The van der Waals surface area contributed by atoms with E-state index in [1.807, 2.05) is 37.3 Å². The largest absolute Gasteiger partial charge is 0.497 e. The monoisotopic (exact) mass is 464 g/mol. The first kappa shape index (κ1) is 22.4. The summed E-state index contributed by atoms with van der Waals surface area (Å²) in [6.07, 6.45) is 0.931. The van der Waals surface area contributed by atoms with Crippen molar-refractivity contribution in [3.8, 4) is 5.75 Å². The zero-order valence-electron chi connectivity index (χ0n) is 18.3. The summed E-state index contributed by atoms with van der Waals surface area (Å²) < 4.78 is 38.5. The number of carbonyl (C=O) groups is 1. The summed E-state index contributed by atoms with van der Waals surface area (Å²) in [6.45, 7) is 2.13. The van der Waals surface area contributed by atoms with Gasteiger partial charge in [0.1, 0.15) is 12.4 Å². The van der Waals surface area contributed by atoms with Crippen molar-refractivity contribution in [3.05, 3.63) is 95.7 Å². The van der Waals surface area contributed by atoms with Gasteiger partial charge in [0.25, 0.3) is 10.0 Å². The molecular formula is C25H24N2O5S. The molecule has 33 heavy (non-hydrogen) atoms. The molecule has 0 saturated carbocycles. The first-order valence-corrected chi connectivity index (χ1v) is 11.8. The molecule has 3 aromatic carbocycles. The van der Waals surface area contributed by atoms with Crippen molar-refractivity contribution in [3.63, 3.8) is 0 Å². The Hall–Kier alpha value is -3.78. The number of aryl methyl sites for hydroxylation is 1. The number of rotatable bonds is 7. The molecule has 1 heterocycles. The third-order valence-electron chi connectivity index (χ3n) is 5.27. The van der Waals surface area contributed by atoms with Crippen LogP contribution in [0.25, 0.3) is 10.9 Å². The van der Waals surface area contributed by atoms with E-state index in [0.29, 0.717) is 22.2 Å². The minimum absolute atomic E-state index is 0.0910. The second kappa shape index (κ2) is 9.38. The van der Waals surface area contributed by atoms with Crippen molar-refractivity contribution in [2.75, 3.05) is 7.11 Å². The Balaban J connectivity index is 1.61. The number of hydrogen-bond donors (Lipinski definition) is 1. The lowest BCUT2D eigenvalue weighted by molar-refractivity contribution is 0.139. The summed E-state index contributed by atoms with van der Waals surface area (Å²) in [4.78, 5) is 12.4. The molecule has 1 aromatic heterocycles. The predicted molar refractivity (Wildman–Crippen MR) is 126 cm³/mol. The minimum atomic E-state index is -3.83. The summed E-state index contributed by atoms with van der Waals surface area (Å²) in [6, 6.07) is 21.2. The lowest BCUT2D eigenvalue weighted by Crippen LogP contribution is -2.23. The van der Waals surface area contributed by atoms with E-state index < -0.39 is 16.1 Å². The van der Waals surface area contributed by atoms with Crippen LogP contribution in [0.3, 0.4) is 0 Å². The maximum absolute atomic E-state index is 13.3. The van der Waals surface area contributed by atoms with Gasteiger partial charge < -0.3 is 14.8 Å². The minimum Gasteiger partial charge on any atom is -0.497 e. The number of amides is 1. The van der Waals surface area contributed by atoms with E-state index in [1.165, 1.54) is 10.2 Å². The summed E-state index contributed by atoms with van der Waals surface area (Å²) in [5.41, 5.74) is 2.95. The van der Waals surface area contributed by atoms with Crippen molar-refractivity contribution < 1.29 is 22.7 Å². The molecule has 0 spiro atoms. The van der Waals surface area contributed by atoms with Crippen LogP contribution in [0.2, 0.25) is 0 Å². The highest BCUT2D eigenvalue weighted by Gasteiger charge is 2.22. The van der Waals surface area contributed by atoms with E-state index in [9.17, 15) is 13.2 Å². The van der Waals surface area contributed by atoms with E-state index in [-0.39, 0.29) is 18.0 Å². The van der Waals surface area contributed by atoms with Crippen LogP contribution in [0, 0.1) is 6.92 Å². The number of hydrogen-bond acceptors (Lipinski definition) is 5. The van der Waals surface area contributed by atoms with Crippen molar-refractivity contribution in [2.45, 2.75) is 25.0 Å². The lowest BCUT2D eigenvalue weighted by atomic mass is 10.1. The van der Waals surface area contributed by atoms with Crippen molar-refractivity contribution >= 4 is 27.0 Å². The molecule has 0 aliphatic heterocycles. The summed E-state index contributed by atoms with van der Waals surface area (Å²) in [7, 11) is -2.29. The van der Waals surface area contributed by atoms with E-state index >= 15 is 0 Å². The van der Waals surface area contributed by atoms with Crippen LogP contribution in [-0.4, -0.2) is 25.6 Å². The van der Waals surface area contributed by atoms with Crippen LogP contribution in [-0.2, 0) is 27.9 Å². The standard InChI is InChI=1S/C25H24N2O5S/c1-18-8-11-22(12-9-18)33(29,30)27-16-20(23-14-21(31-2)10-13-24(23)27)15-26-25(28)32-17-19-6-4-3-5-7-19/h3-14,16H,15,17H2,1-2H3,(H,26,28). The van der Waals surface area contributed by atoms with Gasteiger partial charge in [-0.05, 0) is 48.4 Å². The third-order valence-corrected chi connectivity index (χ3v) is 6.96. The Bertz CT molecular complexity index is 1380. The Labute approximate surface area is 192 Å². The molecule has 0 fully saturated rings. The van der Waals surface area contributed by atoms with Gasteiger partial charge in [0.15, 0.2) is 0 Å². The number of aromatic nitrogens is 1. The Morgan fingerprint density at radius 1 is 1.00 bits per heavy atom. The number of alkyl carbamates (subject to hydrolysis) is 1. The molecule has 0 atom stereocenters. The van der Waals surface area contributed by atoms with Gasteiger partial charge in [-0.25, -0.2) is 17.2 Å². The third kappa shape index (κ3) is 4.85. The number of fused-ring (bicyclic) bond motifs is 1. The van der Waals surface area contributed by atoms with E-state index in [1.54, 1.807) is 49.6 Å². The average molecular weight is 465 g/mol. The average Bonchev–Trinajstić information content (AvgIpc) is 3.21. The highest BCUT2D eigenvalue weighted by Crippen LogP contribution is 2.29. The summed E-state index contributed by atoms with van der Waals surface area (Å²) in [5.74, 6) is 0.584. The number of ether oxygens (including phenoxy) is 2. The molecular weight excluding hydrogens is 440 g/mol. The second-order valence-electron chi connectivity index (χ2n) is 7.57. The molecule has 0 saturated heterocycles. The van der Waals surface area contributed by atoms with Crippen LogP contribution in [0.5, 0.6) is 5.75 Å². The number of nitrogens with zero attached hydrogens (tertiary/aromatic N) is 1. The molecule has 0 aliphatic rings. The molecule has 7 nitrogen and oxygen atoms in total. The van der Waals surface area contributed by atoms with Crippen molar-refractivity contribution in [2.24, 2.45) is 0 Å². The van der Waals surface area contributed by atoms with Gasteiger partial charge in [0, 0.05) is 18.1 Å². The van der Waals surface area contributed by atoms with E-state index in [4.69, 9.17) is 9.47 Å². The number of methoxy groups -OCH3 is 1. The first-order valence-electron chi connectivity index (χ1n) is 10.3. The number of benzene rings is 3. The van der Waals surface area contributed by atoms with Gasteiger partial charge in [-0.1, -0.05) is 48.0 Å². The molecule has 8 heteroatoms. The first-order chi connectivity index (χ1) is 15.9. The normalized spacial score (nSPS) is 11.3. The second-order valence-corrected chi connectivity index (χ2v) is 9.38. The fourth-order valence-electron chi connectivity index (χ4n) is 3.48. The quantitative estimate of drug-likeness (QED) is 0.431. The van der Waals surface area contributed by atoms with Gasteiger partial charge >= 0.3 is 6.09 Å². The maximum atomic E-state index is 13.3. The van der Waals surface area contributed by atoms with Crippen LogP contribution in [0.1, 0.15) is 16.7 Å². The number of nitrogens with one attached hydrogen (secondary N) is 1. The van der Waals surface area contributed by atoms with Crippen LogP contribution >= 0.6 is 0 Å². The summed E-state index contributed by atoms with van der Waals surface area (Å²) >= 11 is 0. The van der Waals surface area contributed by atoms with Crippen LogP contribution in [0.4, 0.5) is 4.79 Å². The van der Waals surface area contributed by atoms with Gasteiger partial charge in [0.2, 0.25) is 0 Å². The zero-order chi connectivity index (χ0) is 23.4. The van der Waals surface area contributed by atoms with Crippen LogP contribution < -0.4 is 10.1 Å². The molecule has 1 amide bonds. The summed E-state index contributed by atoms with van der Waals surface area (Å²) in [5, 5.41) is 3.36. The Morgan fingerprint density at radius 3 is 2.42 bits per heavy atom. The SMILES string of the molecule is COc1ccc2c(c1)c(CNC(=O)OCc1ccccc1)cn2S(=O)(=O)c1ccc(C)cc1. The highest BCUT2D eigenvalue weighted by atomic mass is 32.2. The van der Waals surface area contributed by atoms with E-state index in [0.717, 1.165) is 11.1 Å². The maximum Gasteiger partial charge on any atom is 0.407 e. The van der Waals surface area contributed by atoms with Gasteiger partial charge in [0.05, 0.1) is 17.5 Å². The van der Waals surface area contributed by atoms with Crippen molar-refractivity contribution in [1.82, 2.24) is 9.29 Å². The molecule has 1 N–H and O–H groups in total. The van der Waals surface area contributed by atoms with Gasteiger partial charge in [-0.2, -0.15) is 0 Å².